The van der Waals surface area contributed by atoms with Crippen molar-refractivity contribution in [2.24, 2.45) is 4.36 Å². The van der Waals surface area contributed by atoms with E-state index in [1.54, 1.807) is 0 Å². The molecular formula is C12H11ClN4OS2. The second-order valence-electron chi connectivity index (χ2n) is 4.50. The zero-order valence-electron chi connectivity index (χ0n) is 10.8. The van der Waals surface area contributed by atoms with Crippen LogP contribution in [0.15, 0.2) is 28.6 Å². The van der Waals surface area contributed by atoms with Crippen molar-refractivity contribution in [3.05, 3.63) is 29.3 Å². The van der Waals surface area contributed by atoms with Crippen LogP contribution in [0.1, 0.15) is 0 Å². The number of nitrogens with one attached hydrogen (secondary N) is 1. The highest BCUT2D eigenvalue weighted by molar-refractivity contribution is 7.92. The summed E-state index contributed by atoms with van der Waals surface area (Å²) in [6, 6.07) is 7.87. The van der Waals surface area contributed by atoms with Crippen molar-refractivity contribution in [2.75, 3.05) is 12.5 Å². The zero-order chi connectivity index (χ0) is 14.3. The van der Waals surface area contributed by atoms with Gasteiger partial charge in [0.1, 0.15) is 0 Å². The molecule has 104 valence electrons. The number of rotatable bonds is 2. The smallest absolute Gasteiger partial charge is 0.256 e. The summed E-state index contributed by atoms with van der Waals surface area (Å²) in [5.41, 5.74) is 0. The number of hydrogen-bond acceptors (Lipinski definition) is 5. The van der Waals surface area contributed by atoms with Gasteiger partial charge in [-0.05, 0) is 6.07 Å². The van der Waals surface area contributed by atoms with Crippen LogP contribution >= 0.6 is 22.9 Å². The summed E-state index contributed by atoms with van der Waals surface area (Å²) in [7, 11) is -2.28. The number of fused-ring (bicyclic) bond motifs is 1. The molecule has 0 aliphatic heterocycles. The lowest BCUT2D eigenvalue weighted by molar-refractivity contribution is 0.684. The molecule has 0 saturated heterocycles. The van der Waals surface area contributed by atoms with Gasteiger partial charge in [-0.15, -0.1) is 16.4 Å². The Labute approximate surface area is 125 Å². The summed E-state index contributed by atoms with van der Waals surface area (Å²) >= 11 is 7.90. The van der Waals surface area contributed by atoms with E-state index in [0.717, 1.165) is 15.0 Å². The van der Waals surface area contributed by atoms with Crippen molar-refractivity contribution in [3.8, 4) is 10.7 Å². The van der Waals surface area contributed by atoms with Crippen molar-refractivity contribution in [1.82, 2.24) is 15.2 Å². The first-order chi connectivity index (χ1) is 9.44. The average molecular weight is 327 g/mol. The first-order valence-electron chi connectivity index (χ1n) is 5.71. The fourth-order valence-corrected chi connectivity index (χ4v) is 3.69. The van der Waals surface area contributed by atoms with Gasteiger partial charge in [0.15, 0.2) is 5.82 Å². The summed E-state index contributed by atoms with van der Waals surface area (Å²) in [4.78, 5) is 5.04. The van der Waals surface area contributed by atoms with E-state index >= 15 is 0 Å². The SMILES string of the molecule is CS(C)(=O)=Nc1n[nH]c(-c2sc3ccccc3c2Cl)n1. The molecule has 1 N–H and O–H groups in total. The maximum Gasteiger partial charge on any atom is 0.276 e. The lowest BCUT2D eigenvalue weighted by Crippen LogP contribution is -1.89. The number of nitrogens with zero attached hydrogens (tertiary/aromatic N) is 3. The maximum atomic E-state index is 11.6. The Morgan fingerprint density at radius 2 is 2.10 bits per heavy atom. The molecule has 0 fully saturated rings. The lowest BCUT2D eigenvalue weighted by atomic mass is 10.2. The molecule has 8 heteroatoms. The van der Waals surface area contributed by atoms with Gasteiger partial charge in [0.05, 0.1) is 9.90 Å². The molecule has 0 unspecified atom stereocenters. The third kappa shape index (κ3) is 2.56. The van der Waals surface area contributed by atoms with Gasteiger partial charge in [-0.3, -0.25) is 5.10 Å². The minimum atomic E-state index is -2.28. The van der Waals surface area contributed by atoms with Crippen LogP contribution in [0.4, 0.5) is 5.95 Å². The molecule has 0 amide bonds. The molecule has 3 aromatic rings. The fourth-order valence-electron chi connectivity index (χ4n) is 1.76. The number of aromatic nitrogens is 3. The van der Waals surface area contributed by atoms with Gasteiger partial charge in [0.25, 0.3) is 5.95 Å². The molecule has 0 spiro atoms. The highest BCUT2D eigenvalue weighted by Crippen LogP contribution is 2.40. The normalized spacial score (nSPS) is 11.9. The molecule has 2 heterocycles. The van der Waals surface area contributed by atoms with Crippen molar-refractivity contribution >= 4 is 48.7 Å². The topological polar surface area (TPSA) is 71.0 Å². The number of thiophene rings is 1. The van der Waals surface area contributed by atoms with E-state index in [4.69, 9.17) is 11.6 Å². The highest BCUT2D eigenvalue weighted by atomic mass is 35.5. The molecular weight excluding hydrogens is 316 g/mol. The average Bonchev–Trinajstić information content (AvgIpc) is 2.93. The van der Waals surface area contributed by atoms with E-state index < -0.39 is 9.73 Å². The molecule has 0 radical (unpaired) electrons. The Morgan fingerprint density at radius 1 is 1.35 bits per heavy atom. The second-order valence-corrected chi connectivity index (χ2v) is 8.47. The van der Waals surface area contributed by atoms with Crippen LogP contribution in [0.5, 0.6) is 0 Å². The molecule has 1 aromatic carbocycles. The van der Waals surface area contributed by atoms with E-state index in [2.05, 4.69) is 19.5 Å². The van der Waals surface area contributed by atoms with Crippen LogP contribution in [-0.4, -0.2) is 31.9 Å². The van der Waals surface area contributed by atoms with Crippen LogP contribution in [0, 0.1) is 0 Å². The van der Waals surface area contributed by atoms with Gasteiger partial charge >= 0.3 is 0 Å². The van der Waals surface area contributed by atoms with E-state index in [1.165, 1.54) is 23.8 Å². The molecule has 0 saturated carbocycles. The van der Waals surface area contributed by atoms with Gasteiger partial charge in [-0.1, -0.05) is 29.8 Å². The maximum absolute atomic E-state index is 11.6. The van der Waals surface area contributed by atoms with E-state index in [1.807, 2.05) is 24.3 Å². The van der Waals surface area contributed by atoms with Crippen molar-refractivity contribution in [2.45, 2.75) is 0 Å². The Bertz CT molecular complexity index is 897. The monoisotopic (exact) mass is 326 g/mol. The summed E-state index contributed by atoms with van der Waals surface area (Å²) in [5.74, 6) is 0.724. The first kappa shape index (κ1) is 13.5. The quantitative estimate of drug-likeness (QED) is 0.780. The molecule has 2 aromatic heterocycles. The Kier molecular flexibility index (Phi) is 3.27. The van der Waals surface area contributed by atoms with E-state index in [-0.39, 0.29) is 5.95 Å². The van der Waals surface area contributed by atoms with Crippen molar-refractivity contribution < 1.29 is 4.21 Å². The molecule has 0 aliphatic carbocycles. The molecule has 5 nitrogen and oxygen atoms in total. The fraction of sp³-hybridized carbons (Fsp3) is 0.167. The van der Waals surface area contributed by atoms with Gasteiger partial charge in [-0.25, -0.2) is 4.21 Å². The first-order valence-corrected chi connectivity index (χ1v) is 9.23. The van der Waals surface area contributed by atoms with Crippen molar-refractivity contribution in [1.29, 1.82) is 0 Å². The number of H-pyrrole nitrogens is 1. The zero-order valence-corrected chi connectivity index (χ0v) is 13.1. The van der Waals surface area contributed by atoms with Crippen LogP contribution in [0.3, 0.4) is 0 Å². The van der Waals surface area contributed by atoms with Crippen molar-refractivity contribution in [3.63, 3.8) is 0 Å². The number of halogens is 1. The predicted octanol–water partition coefficient (Wildman–Crippen LogP) is 3.70. The van der Waals surface area contributed by atoms with Gasteiger partial charge in [0.2, 0.25) is 0 Å². The summed E-state index contributed by atoms with van der Waals surface area (Å²) in [6.07, 6.45) is 3.07. The Morgan fingerprint density at radius 3 is 2.80 bits per heavy atom. The standard InChI is InChI=1S/C12H11ClN4OS2/c1-20(2,18)17-12-14-11(15-16-12)10-9(13)7-5-3-4-6-8(7)19-10/h3-6H,1-2H3,(H,14,15,16). The minimum absolute atomic E-state index is 0.184. The number of aromatic amines is 1. The largest absolute Gasteiger partial charge is 0.276 e. The lowest BCUT2D eigenvalue weighted by Gasteiger charge is -1.91. The molecule has 3 rings (SSSR count). The Hall–Kier alpha value is -1.44. The second kappa shape index (κ2) is 4.83. The van der Waals surface area contributed by atoms with Gasteiger partial charge in [0, 0.05) is 32.3 Å². The van der Waals surface area contributed by atoms with Gasteiger partial charge in [-0.2, -0.15) is 9.35 Å². The third-order valence-corrected chi connectivity index (χ3v) is 4.81. The van der Waals surface area contributed by atoms with Crippen LogP contribution in [-0.2, 0) is 9.73 Å². The third-order valence-electron chi connectivity index (χ3n) is 2.53. The number of benzene rings is 1. The summed E-state index contributed by atoms with van der Waals surface area (Å²) in [5, 5.41) is 8.37. The molecule has 20 heavy (non-hydrogen) atoms. The number of hydrogen-bond donors (Lipinski definition) is 1. The van der Waals surface area contributed by atoms with E-state index in [0.29, 0.717) is 10.8 Å². The molecule has 0 bridgehead atoms. The predicted molar refractivity (Wildman–Crippen MR) is 84.3 cm³/mol. The van der Waals surface area contributed by atoms with Crippen LogP contribution < -0.4 is 0 Å². The summed E-state index contributed by atoms with van der Waals surface area (Å²) < 4.78 is 16.7. The molecule has 0 atom stereocenters. The highest BCUT2D eigenvalue weighted by Gasteiger charge is 2.15. The van der Waals surface area contributed by atoms with E-state index in [9.17, 15) is 4.21 Å². The van der Waals surface area contributed by atoms with Gasteiger partial charge < -0.3 is 0 Å². The Balaban J connectivity index is 2.13. The van der Waals surface area contributed by atoms with Crippen LogP contribution in [0.25, 0.3) is 20.8 Å². The molecule has 0 aliphatic rings. The van der Waals surface area contributed by atoms with Crippen LogP contribution in [0.2, 0.25) is 5.02 Å². The minimum Gasteiger partial charge on any atom is -0.256 e. The summed E-state index contributed by atoms with van der Waals surface area (Å²) in [6.45, 7) is 0.